The molecule has 0 atom stereocenters. The van der Waals surface area contributed by atoms with Crippen LogP contribution in [0.2, 0.25) is 5.02 Å². The fraction of sp³-hybridized carbons (Fsp3) is 0.0417. The van der Waals surface area contributed by atoms with Crippen molar-refractivity contribution in [2.45, 2.75) is 0 Å². The molecule has 0 radical (unpaired) electrons. The molecule has 7 nitrogen and oxygen atoms in total. The lowest BCUT2D eigenvalue weighted by Crippen LogP contribution is -2.10. The first-order valence-electron chi connectivity index (χ1n) is 9.68. The summed E-state index contributed by atoms with van der Waals surface area (Å²) < 4.78 is 16.7. The molecule has 0 saturated carbocycles. The number of anilines is 1. The van der Waals surface area contributed by atoms with Crippen molar-refractivity contribution >= 4 is 34.4 Å². The minimum absolute atomic E-state index is 0.170. The van der Waals surface area contributed by atoms with Crippen LogP contribution in [-0.2, 0) is 0 Å². The normalized spacial score (nSPS) is 10.9. The molecule has 32 heavy (non-hydrogen) atoms. The SMILES string of the molecule is COc1ccc(-c2ccc(C(=O)Nc3cccc(-c4nc5ncccc5o4)c3)o2)cc1Cl. The molecule has 158 valence electrons. The number of amides is 1. The summed E-state index contributed by atoms with van der Waals surface area (Å²) in [6, 6.07) is 19.4. The number of pyridine rings is 1. The molecule has 1 N–H and O–H groups in total. The standard InChI is InChI=1S/C24H16ClN3O4/c1-30-19-8-7-14(13-17(19)25)18-9-10-21(31-18)23(29)27-16-5-2-4-15(12-16)24-28-22-20(32-24)6-3-11-26-22/h2-13H,1H3,(H,27,29). The van der Waals surface area contributed by atoms with Crippen molar-refractivity contribution in [1.29, 1.82) is 0 Å². The maximum Gasteiger partial charge on any atom is 0.291 e. The molecule has 0 unspecified atom stereocenters. The average Bonchev–Trinajstić information content (AvgIpc) is 3.47. The number of hydrogen-bond acceptors (Lipinski definition) is 6. The van der Waals surface area contributed by atoms with Gasteiger partial charge in [-0.05, 0) is 60.7 Å². The molecular formula is C24H16ClN3O4. The third kappa shape index (κ3) is 3.81. The molecule has 0 aliphatic heterocycles. The second-order valence-corrected chi connectivity index (χ2v) is 7.30. The first kappa shape index (κ1) is 19.8. The largest absolute Gasteiger partial charge is 0.495 e. The Morgan fingerprint density at radius 3 is 2.72 bits per heavy atom. The number of ether oxygens (including phenoxy) is 1. The van der Waals surface area contributed by atoms with E-state index in [1.165, 1.54) is 0 Å². The van der Waals surface area contributed by atoms with Gasteiger partial charge in [-0.25, -0.2) is 4.98 Å². The van der Waals surface area contributed by atoms with E-state index in [1.54, 1.807) is 67.9 Å². The summed E-state index contributed by atoms with van der Waals surface area (Å²) in [6.45, 7) is 0. The molecule has 3 aromatic heterocycles. The van der Waals surface area contributed by atoms with Crippen molar-refractivity contribution in [1.82, 2.24) is 9.97 Å². The number of nitrogens with one attached hydrogen (secondary N) is 1. The Morgan fingerprint density at radius 2 is 1.91 bits per heavy atom. The van der Waals surface area contributed by atoms with Gasteiger partial charge in [-0.1, -0.05) is 17.7 Å². The van der Waals surface area contributed by atoms with E-state index in [9.17, 15) is 4.79 Å². The van der Waals surface area contributed by atoms with Gasteiger partial charge in [0.15, 0.2) is 17.0 Å². The zero-order chi connectivity index (χ0) is 22.1. The van der Waals surface area contributed by atoms with Gasteiger partial charge in [-0.2, -0.15) is 4.98 Å². The lowest BCUT2D eigenvalue weighted by molar-refractivity contribution is 0.0997. The van der Waals surface area contributed by atoms with Gasteiger partial charge < -0.3 is 18.9 Å². The number of fused-ring (bicyclic) bond motifs is 1. The maximum atomic E-state index is 12.7. The molecule has 5 aromatic rings. The molecular weight excluding hydrogens is 430 g/mol. The van der Waals surface area contributed by atoms with Crippen LogP contribution < -0.4 is 10.1 Å². The summed E-state index contributed by atoms with van der Waals surface area (Å²) in [5, 5.41) is 3.29. The summed E-state index contributed by atoms with van der Waals surface area (Å²) in [5.41, 5.74) is 3.15. The van der Waals surface area contributed by atoms with Crippen LogP contribution in [0.1, 0.15) is 10.6 Å². The Hall–Kier alpha value is -4.10. The first-order valence-corrected chi connectivity index (χ1v) is 10.1. The van der Waals surface area contributed by atoms with Crippen molar-refractivity contribution < 1.29 is 18.4 Å². The number of rotatable bonds is 5. The third-order valence-corrected chi connectivity index (χ3v) is 5.09. The second-order valence-electron chi connectivity index (χ2n) is 6.89. The Bertz CT molecular complexity index is 1410. The summed E-state index contributed by atoms with van der Waals surface area (Å²) in [7, 11) is 1.55. The van der Waals surface area contributed by atoms with Gasteiger partial charge in [0.2, 0.25) is 5.89 Å². The minimum Gasteiger partial charge on any atom is -0.495 e. The predicted molar refractivity (Wildman–Crippen MR) is 121 cm³/mol. The molecule has 0 spiro atoms. The van der Waals surface area contributed by atoms with E-state index >= 15 is 0 Å². The van der Waals surface area contributed by atoms with Gasteiger partial charge in [-0.15, -0.1) is 0 Å². The summed E-state index contributed by atoms with van der Waals surface area (Å²) >= 11 is 6.18. The van der Waals surface area contributed by atoms with E-state index < -0.39 is 0 Å². The number of furan rings is 1. The molecule has 1 amide bonds. The highest BCUT2D eigenvalue weighted by atomic mass is 35.5. The fourth-order valence-electron chi connectivity index (χ4n) is 3.25. The highest BCUT2D eigenvalue weighted by Crippen LogP contribution is 2.31. The summed E-state index contributed by atoms with van der Waals surface area (Å²) in [4.78, 5) is 21.3. The van der Waals surface area contributed by atoms with Crippen LogP contribution in [0.5, 0.6) is 5.75 Å². The molecule has 2 aromatic carbocycles. The van der Waals surface area contributed by atoms with E-state index in [0.29, 0.717) is 44.9 Å². The molecule has 0 fully saturated rings. The van der Waals surface area contributed by atoms with E-state index in [4.69, 9.17) is 25.2 Å². The highest BCUT2D eigenvalue weighted by molar-refractivity contribution is 6.32. The zero-order valence-corrected chi connectivity index (χ0v) is 17.6. The van der Waals surface area contributed by atoms with Gasteiger partial charge in [-0.3, -0.25) is 4.79 Å². The number of methoxy groups -OCH3 is 1. The lowest BCUT2D eigenvalue weighted by atomic mass is 10.1. The van der Waals surface area contributed by atoms with Crippen LogP contribution in [0.25, 0.3) is 34.0 Å². The minimum atomic E-state index is -0.382. The van der Waals surface area contributed by atoms with Crippen molar-refractivity contribution in [3.63, 3.8) is 0 Å². The van der Waals surface area contributed by atoms with Gasteiger partial charge in [0.1, 0.15) is 11.5 Å². The Labute approximate surface area is 187 Å². The molecule has 0 aliphatic rings. The third-order valence-electron chi connectivity index (χ3n) is 4.80. The molecule has 0 saturated heterocycles. The monoisotopic (exact) mass is 445 g/mol. The smallest absolute Gasteiger partial charge is 0.291 e. The predicted octanol–water partition coefficient (Wildman–Crippen LogP) is 6.06. The van der Waals surface area contributed by atoms with Crippen LogP contribution in [0.15, 0.2) is 81.8 Å². The van der Waals surface area contributed by atoms with Crippen LogP contribution in [0.3, 0.4) is 0 Å². The molecule has 0 bridgehead atoms. The summed E-state index contributed by atoms with van der Waals surface area (Å²) in [5.74, 6) is 1.30. The quantitative estimate of drug-likeness (QED) is 0.353. The van der Waals surface area contributed by atoms with Crippen molar-refractivity contribution in [3.05, 3.63) is 83.7 Å². The van der Waals surface area contributed by atoms with Gasteiger partial charge in [0, 0.05) is 23.0 Å². The first-order chi connectivity index (χ1) is 15.6. The Kier molecular flexibility index (Phi) is 5.09. The van der Waals surface area contributed by atoms with Crippen molar-refractivity contribution in [2.24, 2.45) is 0 Å². The number of nitrogens with zero attached hydrogens (tertiary/aromatic N) is 2. The second kappa shape index (κ2) is 8.20. The number of oxazole rings is 1. The number of aromatic nitrogens is 2. The Morgan fingerprint density at radius 1 is 1.00 bits per heavy atom. The fourth-order valence-corrected chi connectivity index (χ4v) is 3.51. The number of carbonyl (C=O) groups is 1. The van der Waals surface area contributed by atoms with E-state index in [2.05, 4.69) is 15.3 Å². The topological polar surface area (TPSA) is 90.4 Å². The summed E-state index contributed by atoms with van der Waals surface area (Å²) in [6.07, 6.45) is 1.66. The zero-order valence-electron chi connectivity index (χ0n) is 16.8. The van der Waals surface area contributed by atoms with Crippen LogP contribution >= 0.6 is 11.6 Å². The van der Waals surface area contributed by atoms with Crippen molar-refractivity contribution in [2.75, 3.05) is 12.4 Å². The molecule has 0 aliphatic carbocycles. The van der Waals surface area contributed by atoms with E-state index in [0.717, 1.165) is 5.56 Å². The highest BCUT2D eigenvalue weighted by Gasteiger charge is 2.15. The van der Waals surface area contributed by atoms with Crippen LogP contribution in [0, 0.1) is 0 Å². The van der Waals surface area contributed by atoms with Crippen molar-refractivity contribution in [3.8, 4) is 28.5 Å². The molecule has 5 rings (SSSR count). The van der Waals surface area contributed by atoms with Crippen LogP contribution in [0.4, 0.5) is 5.69 Å². The number of carbonyl (C=O) groups excluding carboxylic acids is 1. The lowest BCUT2D eigenvalue weighted by Gasteiger charge is -2.05. The van der Waals surface area contributed by atoms with Gasteiger partial charge >= 0.3 is 0 Å². The van der Waals surface area contributed by atoms with Crippen LogP contribution in [-0.4, -0.2) is 23.0 Å². The number of halogens is 1. The van der Waals surface area contributed by atoms with Gasteiger partial charge in [0.25, 0.3) is 5.91 Å². The van der Waals surface area contributed by atoms with E-state index in [-0.39, 0.29) is 11.7 Å². The molecule has 8 heteroatoms. The Balaban J connectivity index is 1.35. The molecule has 3 heterocycles. The number of benzene rings is 2. The van der Waals surface area contributed by atoms with Gasteiger partial charge in [0.05, 0.1) is 12.1 Å². The maximum absolute atomic E-state index is 12.7. The average molecular weight is 446 g/mol. The number of hydrogen-bond donors (Lipinski definition) is 1. The van der Waals surface area contributed by atoms with E-state index in [1.807, 2.05) is 12.1 Å².